The van der Waals surface area contributed by atoms with Gasteiger partial charge in [0.25, 0.3) is 5.91 Å². The minimum Gasteiger partial charge on any atom is -0.372 e. The van der Waals surface area contributed by atoms with Crippen molar-refractivity contribution in [3.8, 4) is 5.69 Å². The maximum absolute atomic E-state index is 13.4. The maximum Gasteiger partial charge on any atom is 0.418 e. The minimum atomic E-state index is -4.60. The van der Waals surface area contributed by atoms with Gasteiger partial charge >= 0.3 is 6.18 Å². The first-order chi connectivity index (χ1) is 13.1. The first kappa shape index (κ1) is 20.1. The summed E-state index contributed by atoms with van der Waals surface area (Å²) in [5.41, 5.74) is -1.99. The van der Waals surface area contributed by atoms with Crippen molar-refractivity contribution < 1.29 is 22.7 Å². The number of benzene rings is 1. The van der Waals surface area contributed by atoms with E-state index >= 15 is 0 Å². The molecule has 9 heteroatoms. The van der Waals surface area contributed by atoms with Crippen molar-refractivity contribution in [3.05, 3.63) is 57.5 Å². The number of morpholine rings is 1. The van der Waals surface area contributed by atoms with E-state index in [1.807, 2.05) is 0 Å². The molecule has 6 nitrogen and oxygen atoms in total. The standard InChI is InChI=1S/C19H20F3N3O3/c1-11-8-16(26)17(18(27)24-9-12(2)28-13(3)10-24)23-25(11)15-7-5-4-6-14(15)19(20,21)22/h4-8,12-13H,9-10H2,1-3H3. The number of amides is 1. The smallest absolute Gasteiger partial charge is 0.372 e. The molecule has 0 N–H and O–H groups in total. The van der Waals surface area contributed by atoms with E-state index in [4.69, 9.17) is 4.74 Å². The Morgan fingerprint density at radius 3 is 2.39 bits per heavy atom. The molecular weight excluding hydrogens is 375 g/mol. The normalized spacial score (nSPS) is 20.3. The van der Waals surface area contributed by atoms with E-state index in [1.165, 1.54) is 30.0 Å². The highest BCUT2D eigenvalue weighted by Crippen LogP contribution is 2.33. The number of aromatic nitrogens is 2. The maximum atomic E-state index is 13.4. The van der Waals surface area contributed by atoms with Crippen LogP contribution in [0.1, 0.15) is 35.6 Å². The zero-order valence-corrected chi connectivity index (χ0v) is 15.7. The summed E-state index contributed by atoms with van der Waals surface area (Å²) in [5, 5.41) is 4.01. The lowest BCUT2D eigenvalue weighted by molar-refractivity contribution is -0.137. The molecule has 1 fully saturated rings. The molecule has 2 atom stereocenters. The van der Waals surface area contributed by atoms with Crippen LogP contribution >= 0.6 is 0 Å². The molecule has 2 unspecified atom stereocenters. The van der Waals surface area contributed by atoms with E-state index in [0.717, 1.165) is 16.8 Å². The van der Waals surface area contributed by atoms with Crippen LogP contribution in [0.5, 0.6) is 0 Å². The second kappa shape index (κ2) is 7.38. The lowest BCUT2D eigenvalue weighted by Gasteiger charge is -2.35. The fraction of sp³-hybridized carbons (Fsp3) is 0.421. The largest absolute Gasteiger partial charge is 0.418 e. The van der Waals surface area contributed by atoms with Gasteiger partial charge in [-0.25, -0.2) is 4.68 Å². The lowest BCUT2D eigenvalue weighted by atomic mass is 10.1. The number of halogens is 3. The van der Waals surface area contributed by atoms with Crippen molar-refractivity contribution in [1.29, 1.82) is 0 Å². The Morgan fingerprint density at radius 1 is 1.18 bits per heavy atom. The topological polar surface area (TPSA) is 64.4 Å². The fourth-order valence-corrected chi connectivity index (χ4v) is 3.33. The van der Waals surface area contributed by atoms with Crippen LogP contribution in [0.15, 0.2) is 35.1 Å². The number of aryl methyl sites for hydroxylation is 1. The molecule has 0 radical (unpaired) electrons. The van der Waals surface area contributed by atoms with Crippen molar-refractivity contribution in [3.63, 3.8) is 0 Å². The monoisotopic (exact) mass is 395 g/mol. The molecule has 1 aromatic heterocycles. The van der Waals surface area contributed by atoms with E-state index in [9.17, 15) is 22.8 Å². The Bertz CT molecular complexity index is 945. The number of carbonyl (C=O) groups is 1. The summed E-state index contributed by atoms with van der Waals surface area (Å²) in [6.45, 7) is 5.62. The highest BCUT2D eigenvalue weighted by molar-refractivity contribution is 5.92. The number of ether oxygens (including phenoxy) is 1. The third-order valence-electron chi connectivity index (χ3n) is 4.45. The molecule has 0 spiro atoms. The highest BCUT2D eigenvalue weighted by Gasteiger charge is 2.35. The van der Waals surface area contributed by atoms with E-state index in [0.29, 0.717) is 0 Å². The van der Waals surface area contributed by atoms with Crippen molar-refractivity contribution in [2.75, 3.05) is 13.1 Å². The molecule has 0 bridgehead atoms. The average Bonchev–Trinajstić information content (AvgIpc) is 2.60. The summed E-state index contributed by atoms with van der Waals surface area (Å²) in [7, 11) is 0. The third kappa shape index (κ3) is 3.94. The van der Waals surface area contributed by atoms with Gasteiger partial charge in [0.1, 0.15) is 0 Å². The van der Waals surface area contributed by atoms with Crippen molar-refractivity contribution in [1.82, 2.24) is 14.7 Å². The van der Waals surface area contributed by atoms with Crippen LogP contribution in [0.4, 0.5) is 13.2 Å². The predicted octanol–water partition coefficient (Wildman–Crippen LogP) is 2.81. The van der Waals surface area contributed by atoms with Gasteiger partial charge in [0, 0.05) is 24.8 Å². The Hall–Kier alpha value is -2.68. The van der Waals surface area contributed by atoms with Gasteiger partial charge in [0.2, 0.25) is 5.43 Å². The molecule has 1 aliphatic heterocycles. The first-order valence-corrected chi connectivity index (χ1v) is 8.80. The molecule has 1 amide bonds. The van der Waals surface area contributed by atoms with Crippen molar-refractivity contribution in [2.45, 2.75) is 39.2 Å². The Labute approximate surface area is 159 Å². The molecule has 1 saturated heterocycles. The molecule has 1 aromatic carbocycles. The summed E-state index contributed by atoms with van der Waals surface area (Å²) in [6, 6.07) is 6.02. The van der Waals surface area contributed by atoms with Crippen LogP contribution < -0.4 is 5.43 Å². The van der Waals surface area contributed by atoms with Crippen LogP contribution in [-0.2, 0) is 10.9 Å². The van der Waals surface area contributed by atoms with Gasteiger partial charge in [-0.2, -0.15) is 18.3 Å². The Kier molecular flexibility index (Phi) is 5.29. The van der Waals surface area contributed by atoms with Gasteiger partial charge in [-0.15, -0.1) is 0 Å². The number of hydrogen-bond acceptors (Lipinski definition) is 4. The molecule has 2 aromatic rings. The molecule has 28 heavy (non-hydrogen) atoms. The molecule has 0 aliphatic carbocycles. The number of nitrogens with zero attached hydrogens (tertiary/aromatic N) is 3. The predicted molar refractivity (Wildman–Crippen MR) is 95.5 cm³/mol. The average molecular weight is 395 g/mol. The second-order valence-corrected chi connectivity index (χ2v) is 6.89. The van der Waals surface area contributed by atoms with Crippen molar-refractivity contribution >= 4 is 5.91 Å². The lowest BCUT2D eigenvalue weighted by Crippen LogP contribution is -2.49. The molecule has 0 saturated carbocycles. The molecule has 1 aliphatic rings. The minimum absolute atomic E-state index is 0.196. The second-order valence-electron chi connectivity index (χ2n) is 6.89. The summed E-state index contributed by atoms with van der Waals surface area (Å²) >= 11 is 0. The number of hydrogen-bond donors (Lipinski definition) is 0. The van der Waals surface area contributed by atoms with Gasteiger partial charge in [-0.05, 0) is 32.9 Å². The summed E-state index contributed by atoms with van der Waals surface area (Å²) in [5.74, 6) is -0.620. The van der Waals surface area contributed by atoms with E-state index < -0.39 is 28.8 Å². The number of rotatable bonds is 2. The van der Waals surface area contributed by atoms with Crippen molar-refractivity contribution in [2.24, 2.45) is 0 Å². The van der Waals surface area contributed by atoms with E-state index in [-0.39, 0.29) is 36.7 Å². The number of carbonyl (C=O) groups excluding carboxylic acids is 1. The molecule has 3 rings (SSSR count). The number of para-hydroxylation sites is 1. The molecule has 150 valence electrons. The van der Waals surface area contributed by atoms with Gasteiger partial charge in [-0.3, -0.25) is 9.59 Å². The van der Waals surface area contributed by atoms with Gasteiger partial charge in [0.05, 0.1) is 23.5 Å². The quantitative estimate of drug-likeness (QED) is 0.785. The van der Waals surface area contributed by atoms with Crippen LogP contribution in [0.25, 0.3) is 5.69 Å². The van der Waals surface area contributed by atoms with Gasteiger partial charge in [0.15, 0.2) is 5.69 Å². The summed E-state index contributed by atoms with van der Waals surface area (Å²) < 4.78 is 46.7. The third-order valence-corrected chi connectivity index (χ3v) is 4.45. The fourth-order valence-electron chi connectivity index (χ4n) is 3.33. The van der Waals surface area contributed by atoms with Crippen LogP contribution in [0.2, 0.25) is 0 Å². The zero-order chi connectivity index (χ0) is 20.6. The van der Waals surface area contributed by atoms with Crippen LogP contribution in [0.3, 0.4) is 0 Å². The van der Waals surface area contributed by atoms with Gasteiger partial charge in [-0.1, -0.05) is 12.1 Å². The zero-order valence-electron chi connectivity index (χ0n) is 15.7. The molecular formula is C19H20F3N3O3. The SMILES string of the molecule is Cc1cc(=O)c(C(=O)N2CC(C)OC(C)C2)nn1-c1ccccc1C(F)(F)F. The summed E-state index contributed by atoms with van der Waals surface area (Å²) in [6.07, 6.45) is -5.04. The molecule has 2 heterocycles. The van der Waals surface area contributed by atoms with E-state index in [1.54, 1.807) is 13.8 Å². The Balaban J connectivity index is 2.08. The highest BCUT2D eigenvalue weighted by atomic mass is 19.4. The van der Waals surface area contributed by atoms with Crippen LogP contribution in [0, 0.1) is 6.92 Å². The first-order valence-electron chi connectivity index (χ1n) is 8.80. The Morgan fingerprint density at radius 2 is 1.79 bits per heavy atom. The van der Waals surface area contributed by atoms with E-state index in [2.05, 4.69) is 5.10 Å². The number of alkyl halides is 3. The summed E-state index contributed by atoms with van der Waals surface area (Å²) in [4.78, 5) is 26.7. The van der Waals surface area contributed by atoms with Crippen LogP contribution in [-0.4, -0.2) is 45.9 Å². The van der Waals surface area contributed by atoms with Gasteiger partial charge < -0.3 is 9.64 Å².